The van der Waals surface area contributed by atoms with Crippen LogP contribution in [0.25, 0.3) is 0 Å². The number of rotatable bonds is 0. The van der Waals surface area contributed by atoms with Crippen molar-refractivity contribution >= 4 is 0 Å². The molecular formula is C12H16O4. The molecule has 4 nitrogen and oxygen atoms in total. The minimum atomic E-state index is -0.577. The summed E-state index contributed by atoms with van der Waals surface area (Å²) in [6, 6.07) is 0. The summed E-state index contributed by atoms with van der Waals surface area (Å²) in [6.45, 7) is 5.86. The largest absolute Gasteiger partial charge is 0.497 e. The van der Waals surface area contributed by atoms with E-state index in [1.54, 1.807) is 0 Å². The third kappa shape index (κ3) is 1.67. The van der Waals surface area contributed by atoms with Crippen molar-refractivity contribution in [1.82, 2.24) is 0 Å². The van der Waals surface area contributed by atoms with Crippen molar-refractivity contribution in [2.75, 3.05) is 19.8 Å². The number of hydrogen-bond donors (Lipinski definition) is 0. The smallest absolute Gasteiger partial charge is 0.274 e. The average Bonchev–Trinajstić information content (AvgIpc) is 2.62. The molecule has 0 amide bonds. The molecule has 1 saturated heterocycles. The van der Waals surface area contributed by atoms with Crippen LogP contribution in [0.15, 0.2) is 23.9 Å². The fourth-order valence-electron chi connectivity index (χ4n) is 2.33. The van der Waals surface area contributed by atoms with E-state index in [-0.39, 0.29) is 0 Å². The Bertz CT molecular complexity index is 341. The van der Waals surface area contributed by atoms with Crippen LogP contribution < -0.4 is 0 Å². The molecule has 0 aliphatic carbocycles. The van der Waals surface area contributed by atoms with Gasteiger partial charge in [0.2, 0.25) is 5.79 Å². The second-order valence-electron chi connectivity index (χ2n) is 4.38. The zero-order valence-electron chi connectivity index (χ0n) is 9.29. The lowest BCUT2D eigenvalue weighted by molar-refractivity contribution is -0.306. The molecule has 0 aromatic heterocycles. The maximum absolute atomic E-state index is 5.65. The SMILES string of the molecule is C=C1OCCC2=C(CC3(CCO3)O1)OCC2. The average molecular weight is 224 g/mol. The van der Waals surface area contributed by atoms with Crippen LogP contribution in [0.4, 0.5) is 0 Å². The normalized spacial score (nSPS) is 33.9. The molecule has 0 N–H and O–H groups in total. The van der Waals surface area contributed by atoms with E-state index in [0.717, 1.165) is 38.2 Å². The lowest BCUT2D eigenvalue weighted by atomic mass is 10.00. The number of hydrogen-bond acceptors (Lipinski definition) is 4. The molecule has 3 aliphatic heterocycles. The summed E-state index contributed by atoms with van der Waals surface area (Å²) < 4.78 is 22.3. The lowest BCUT2D eigenvalue weighted by Crippen LogP contribution is -2.46. The van der Waals surface area contributed by atoms with Crippen LogP contribution in [-0.2, 0) is 18.9 Å². The van der Waals surface area contributed by atoms with Gasteiger partial charge in [-0.15, -0.1) is 0 Å². The van der Waals surface area contributed by atoms with Crippen LogP contribution in [0.3, 0.4) is 0 Å². The van der Waals surface area contributed by atoms with Crippen LogP contribution in [0, 0.1) is 0 Å². The van der Waals surface area contributed by atoms with Crippen molar-refractivity contribution in [3.05, 3.63) is 23.9 Å². The highest BCUT2D eigenvalue weighted by molar-refractivity contribution is 5.16. The Balaban J connectivity index is 1.83. The highest BCUT2D eigenvalue weighted by Crippen LogP contribution is 2.40. The molecule has 0 aromatic carbocycles. The molecule has 1 spiro atoms. The summed E-state index contributed by atoms with van der Waals surface area (Å²) in [4.78, 5) is 0. The first kappa shape index (κ1) is 10.0. The van der Waals surface area contributed by atoms with Gasteiger partial charge in [-0.25, -0.2) is 0 Å². The highest BCUT2D eigenvalue weighted by Gasteiger charge is 2.44. The van der Waals surface area contributed by atoms with Crippen LogP contribution in [0.1, 0.15) is 25.7 Å². The van der Waals surface area contributed by atoms with Gasteiger partial charge in [0.05, 0.1) is 26.2 Å². The first-order chi connectivity index (χ1) is 7.77. The Morgan fingerprint density at radius 3 is 2.50 bits per heavy atom. The molecular weight excluding hydrogens is 208 g/mol. The van der Waals surface area contributed by atoms with Crippen molar-refractivity contribution in [2.24, 2.45) is 0 Å². The van der Waals surface area contributed by atoms with E-state index < -0.39 is 5.79 Å². The first-order valence-electron chi connectivity index (χ1n) is 5.76. The molecule has 16 heavy (non-hydrogen) atoms. The van der Waals surface area contributed by atoms with Gasteiger partial charge in [0.15, 0.2) is 0 Å². The van der Waals surface area contributed by atoms with Gasteiger partial charge in [-0.05, 0) is 12.2 Å². The van der Waals surface area contributed by atoms with Gasteiger partial charge in [-0.2, -0.15) is 0 Å². The highest BCUT2D eigenvalue weighted by atomic mass is 16.8. The van der Waals surface area contributed by atoms with E-state index in [9.17, 15) is 0 Å². The molecule has 88 valence electrons. The molecule has 1 unspecified atom stereocenters. The Morgan fingerprint density at radius 2 is 1.81 bits per heavy atom. The summed E-state index contributed by atoms with van der Waals surface area (Å²) in [5.41, 5.74) is 1.34. The van der Waals surface area contributed by atoms with E-state index in [0.29, 0.717) is 19.0 Å². The van der Waals surface area contributed by atoms with Crippen LogP contribution in [0.2, 0.25) is 0 Å². The number of ether oxygens (including phenoxy) is 4. The molecule has 1 atom stereocenters. The topological polar surface area (TPSA) is 36.9 Å². The summed E-state index contributed by atoms with van der Waals surface area (Å²) in [5.74, 6) is 0.825. The zero-order valence-corrected chi connectivity index (χ0v) is 9.29. The van der Waals surface area contributed by atoms with Crippen LogP contribution in [-0.4, -0.2) is 25.6 Å². The fraction of sp³-hybridized carbons (Fsp3) is 0.667. The third-order valence-corrected chi connectivity index (χ3v) is 3.32. The minimum Gasteiger partial charge on any atom is -0.497 e. The van der Waals surface area contributed by atoms with E-state index >= 15 is 0 Å². The molecule has 0 saturated carbocycles. The molecule has 0 bridgehead atoms. The van der Waals surface area contributed by atoms with E-state index in [4.69, 9.17) is 18.9 Å². The molecule has 3 aliphatic rings. The van der Waals surface area contributed by atoms with Crippen molar-refractivity contribution in [3.8, 4) is 0 Å². The van der Waals surface area contributed by atoms with Crippen LogP contribution in [0.5, 0.6) is 0 Å². The molecule has 4 heteroatoms. The van der Waals surface area contributed by atoms with Crippen LogP contribution >= 0.6 is 0 Å². The quantitative estimate of drug-likeness (QED) is 0.631. The van der Waals surface area contributed by atoms with Crippen molar-refractivity contribution in [1.29, 1.82) is 0 Å². The molecule has 3 rings (SSSR count). The van der Waals surface area contributed by atoms with Gasteiger partial charge in [0.1, 0.15) is 5.76 Å². The maximum atomic E-state index is 5.65. The van der Waals surface area contributed by atoms with Crippen molar-refractivity contribution < 1.29 is 18.9 Å². The van der Waals surface area contributed by atoms with E-state index in [1.807, 2.05) is 0 Å². The Kier molecular flexibility index (Phi) is 2.32. The Labute approximate surface area is 94.8 Å². The van der Waals surface area contributed by atoms with Gasteiger partial charge in [0.25, 0.3) is 5.95 Å². The summed E-state index contributed by atoms with van der Waals surface area (Å²) in [7, 11) is 0. The van der Waals surface area contributed by atoms with Gasteiger partial charge in [-0.3, -0.25) is 0 Å². The molecule has 3 heterocycles. The standard InChI is InChI=1S/C12H16O4/c1-9-13-5-2-10-3-6-14-11(10)8-12(16-9)4-7-15-12/h1-8H2. The fourth-order valence-corrected chi connectivity index (χ4v) is 2.33. The predicted molar refractivity (Wildman–Crippen MR) is 56.3 cm³/mol. The third-order valence-electron chi connectivity index (χ3n) is 3.32. The molecule has 0 radical (unpaired) electrons. The van der Waals surface area contributed by atoms with Gasteiger partial charge < -0.3 is 18.9 Å². The summed E-state index contributed by atoms with van der Waals surface area (Å²) in [5, 5.41) is 0. The zero-order chi connectivity index (χ0) is 11.0. The van der Waals surface area contributed by atoms with Gasteiger partial charge >= 0.3 is 0 Å². The second kappa shape index (κ2) is 3.70. The minimum absolute atomic E-state index is 0.362. The van der Waals surface area contributed by atoms with Gasteiger partial charge in [0, 0.05) is 19.3 Å². The maximum Gasteiger partial charge on any atom is 0.274 e. The monoisotopic (exact) mass is 224 g/mol. The molecule has 0 aromatic rings. The molecule has 1 fully saturated rings. The summed E-state index contributed by atoms with van der Waals surface area (Å²) in [6.07, 6.45) is 3.45. The van der Waals surface area contributed by atoms with E-state index in [2.05, 4.69) is 6.58 Å². The Morgan fingerprint density at radius 1 is 1.06 bits per heavy atom. The van der Waals surface area contributed by atoms with Crippen molar-refractivity contribution in [3.63, 3.8) is 0 Å². The lowest BCUT2D eigenvalue weighted by Gasteiger charge is -2.41. The summed E-state index contributed by atoms with van der Waals surface area (Å²) >= 11 is 0. The van der Waals surface area contributed by atoms with Gasteiger partial charge in [-0.1, -0.05) is 0 Å². The predicted octanol–water partition coefficient (Wildman–Crippen LogP) is 2.08. The van der Waals surface area contributed by atoms with E-state index in [1.165, 1.54) is 5.57 Å². The Hall–Kier alpha value is -1.16. The van der Waals surface area contributed by atoms with Crippen molar-refractivity contribution in [2.45, 2.75) is 31.5 Å². The first-order valence-corrected chi connectivity index (χ1v) is 5.76. The second-order valence-corrected chi connectivity index (χ2v) is 4.38.